The molecule has 2 aromatic rings. The van der Waals surface area contributed by atoms with Gasteiger partial charge in [-0.25, -0.2) is 4.68 Å². The van der Waals surface area contributed by atoms with Crippen molar-refractivity contribution in [2.45, 2.75) is 6.92 Å². The van der Waals surface area contributed by atoms with Gasteiger partial charge in [0.25, 0.3) is 5.91 Å². The molecule has 0 atom stereocenters. The molecule has 0 bridgehead atoms. The number of aryl methyl sites for hydroxylation is 1. The van der Waals surface area contributed by atoms with E-state index in [9.17, 15) is 4.79 Å². The van der Waals surface area contributed by atoms with E-state index < -0.39 is 0 Å². The van der Waals surface area contributed by atoms with Crippen LogP contribution in [0.3, 0.4) is 0 Å². The van der Waals surface area contributed by atoms with Gasteiger partial charge in [0.2, 0.25) is 0 Å². The number of hydrogen-bond acceptors (Lipinski definition) is 4. The van der Waals surface area contributed by atoms with Gasteiger partial charge in [-0.3, -0.25) is 4.79 Å². The van der Waals surface area contributed by atoms with Crippen LogP contribution >= 0.6 is 0 Å². The zero-order valence-corrected chi connectivity index (χ0v) is 11.3. The minimum atomic E-state index is -0.171. The maximum absolute atomic E-state index is 12.0. The van der Waals surface area contributed by atoms with Gasteiger partial charge in [-0.15, -0.1) is 5.10 Å². The second-order valence-electron chi connectivity index (χ2n) is 5.12. The zero-order chi connectivity index (χ0) is 13.9. The van der Waals surface area contributed by atoms with Crippen LogP contribution in [-0.4, -0.2) is 40.5 Å². The van der Waals surface area contributed by atoms with E-state index >= 15 is 0 Å². The molecular weight excluding hydrogens is 254 g/mol. The van der Waals surface area contributed by atoms with Crippen molar-refractivity contribution < 1.29 is 4.79 Å². The topological polar surface area (TPSA) is 71.8 Å². The van der Waals surface area contributed by atoms with E-state index in [0.717, 1.165) is 24.3 Å². The fourth-order valence-electron chi connectivity index (χ4n) is 2.08. The summed E-state index contributed by atoms with van der Waals surface area (Å²) in [4.78, 5) is 12.0. The highest BCUT2D eigenvalue weighted by molar-refractivity contribution is 5.91. The quantitative estimate of drug-likeness (QED) is 0.850. The highest BCUT2D eigenvalue weighted by atomic mass is 16.2. The molecule has 0 unspecified atom stereocenters. The Labute approximate surface area is 117 Å². The lowest BCUT2D eigenvalue weighted by Gasteiger charge is -2.26. The van der Waals surface area contributed by atoms with Crippen molar-refractivity contribution in [1.29, 1.82) is 0 Å². The number of nitrogens with one attached hydrogen (secondary N) is 2. The Bertz CT molecular complexity index is 618. The first kappa shape index (κ1) is 12.8. The molecule has 1 amide bonds. The molecule has 6 heteroatoms. The summed E-state index contributed by atoms with van der Waals surface area (Å²) >= 11 is 0. The van der Waals surface area contributed by atoms with Gasteiger partial charge in [-0.2, -0.15) is 0 Å². The van der Waals surface area contributed by atoms with Gasteiger partial charge in [0.1, 0.15) is 0 Å². The summed E-state index contributed by atoms with van der Waals surface area (Å²) in [7, 11) is 0. The van der Waals surface area contributed by atoms with Gasteiger partial charge in [0, 0.05) is 25.6 Å². The number of carbonyl (C=O) groups excluding carboxylic acids is 1. The third-order valence-electron chi connectivity index (χ3n) is 3.41. The van der Waals surface area contributed by atoms with Crippen LogP contribution in [0.1, 0.15) is 16.1 Å². The molecular formula is C14H17N5O. The minimum absolute atomic E-state index is 0.171. The summed E-state index contributed by atoms with van der Waals surface area (Å²) in [6.07, 6.45) is 1.66. The number of carbonyl (C=O) groups is 1. The molecule has 1 aromatic heterocycles. The lowest BCUT2D eigenvalue weighted by atomic mass is 10.0. The average Bonchev–Trinajstić information content (AvgIpc) is 2.86. The van der Waals surface area contributed by atoms with Crippen molar-refractivity contribution in [2.75, 3.05) is 19.6 Å². The van der Waals surface area contributed by atoms with Gasteiger partial charge < -0.3 is 10.6 Å². The summed E-state index contributed by atoms with van der Waals surface area (Å²) in [5.74, 6) is 0.363. The molecule has 0 radical (unpaired) electrons. The standard InChI is InChI=1S/C14H17N5O/c1-10-3-2-4-12(5-10)19-9-13(17-18-19)14(20)16-8-11-6-15-7-11/h2-5,9,11,15H,6-8H2,1H3,(H,16,20). The van der Waals surface area contributed by atoms with E-state index in [1.807, 2.05) is 31.2 Å². The van der Waals surface area contributed by atoms with E-state index in [0.29, 0.717) is 18.2 Å². The van der Waals surface area contributed by atoms with E-state index in [4.69, 9.17) is 0 Å². The van der Waals surface area contributed by atoms with Crippen LogP contribution in [0.5, 0.6) is 0 Å². The number of rotatable bonds is 4. The Balaban J connectivity index is 1.67. The lowest BCUT2D eigenvalue weighted by Crippen LogP contribution is -2.48. The monoisotopic (exact) mass is 271 g/mol. The second-order valence-corrected chi connectivity index (χ2v) is 5.12. The van der Waals surface area contributed by atoms with E-state index in [2.05, 4.69) is 20.9 Å². The summed E-state index contributed by atoms with van der Waals surface area (Å²) in [5, 5.41) is 14.0. The molecule has 0 aliphatic carbocycles. The maximum Gasteiger partial charge on any atom is 0.273 e. The Morgan fingerprint density at radius 2 is 2.35 bits per heavy atom. The van der Waals surface area contributed by atoms with E-state index in [-0.39, 0.29) is 5.91 Å². The maximum atomic E-state index is 12.0. The highest BCUT2D eigenvalue weighted by Gasteiger charge is 2.18. The zero-order valence-electron chi connectivity index (χ0n) is 11.3. The van der Waals surface area contributed by atoms with Crippen LogP contribution in [0.25, 0.3) is 5.69 Å². The van der Waals surface area contributed by atoms with Crippen molar-refractivity contribution in [3.8, 4) is 5.69 Å². The molecule has 1 aliphatic rings. The molecule has 1 fully saturated rings. The first-order chi connectivity index (χ1) is 9.72. The van der Waals surface area contributed by atoms with Crippen molar-refractivity contribution in [3.63, 3.8) is 0 Å². The van der Waals surface area contributed by atoms with Crippen LogP contribution in [0, 0.1) is 12.8 Å². The number of aromatic nitrogens is 3. The summed E-state index contributed by atoms with van der Waals surface area (Å²) in [6, 6.07) is 7.90. The fourth-order valence-corrected chi connectivity index (χ4v) is 2.08. The Morgan fingerprint density at radius 1 is 1.50 bits per heavy atom. The Morgan fingerprint density at radius 3 is 3.05 bits per heavy atom. The largest absolute Gasteiger partial charge is 0.350 e. The van der Waals surface area contributed by atoms with Gasteiger partial charge in [-0.1, -0.05) is 17.3 Å². The highest BCUT2D eigenvalue weighted by Crippen LogP contribution is 2.09. The summed E-state index contributed by atoms with van der Waals surface area (Å²) in [6.45, 7) is 4.64. The minimum Gasteiger partial charge on any atom is -0.350 e. The molecule has 20 heavy (non-hydrogen) atoms. The van der Waals surface area contributed by atoms with Gasteiger partial charge in [0.05, 0.1) is 11.9 Å². The molecule has 0 spiro atoms. The summed E-state index contributed by atoms with van der Waals surface area (Å²) in [5.41, 5.74) is 2.39. The van der Waals surface area contributed by atoms with Gasteiger partial charge in [-0.05, 0) is 24.6 Å². The average molecular weight is 271 g/mol. The lowest BCUT2D eigenvalue weighted by molar-refractivity contribution is 0.0937. The molecule has 1 aliphatic heterocycles. The number of benzene rings is 1. The van der Waals surface area contributed by atoms with Crippen molar-refractivity contribution in [2.24, 2.45) is 5.92 Å². The number of hydrogen-bond donors (Lipinski definition) is 2. The predicted molar refractivity (Wildman–Crippen MR) is 74.8 cm³/mol. The normalized spacial score (nSPS) is 14.8. The van der Waals surface area contributed by atoms with Crippen LogP contribution < -0.4 is 10.6 Å². The first-order valence-corrected chi connectivity index (χ1v) is 6.70. The molecule has 1 aromatic carbocycles. The van der Waals surface area contributed by atoms with E-state index in [1.54, 1.807) is 10.9 Å². The second kappa shape index (κ2) is 5.42. The molecule has 1 saturated heterocycles. The molecule has 104 valence electrons. The fraction of sp³-hybridized carbons (Fsp3) is 0.357. The van der Waals surface area contributed by atoms with Crippen LogP contribution in [0.4, 0.5) is 0 Å². The third kappa shape index (κ3) is 2.70. The predicted octanol–water partition coefficient (Wildman–Crippen LogP) is 0.525. The van der Waals surface area contributed by atoms with Gasteiger partial charge >= 0.3 is 0 Å². The SMILES string of the molecule is Cc1cccc(-n2cc(C(=O)NCC3CNC3)nn2)c1. The molecule has 2 N–H and O–H groups in total. The van der Waals surface area contributed by atoms with E-state index in [1.165, 1.54) is 0 Å². The van der Waals surface area contributed by atoms with Crippen LogP contribution in [0.2, 0.25) is 0 Å². The molecule has 0 saturated carbocycles. The van der Waals surface area contributed by atoms with Crippen LogP contribution in [0.15, 0.2) is 30.5 Å². The molecule has 6 nitrogen and oxygen atoms in total. The number of amides is 1. The molecule has 2 heterocycles. The molecule has 3 rings (SSSR count). The summed E-state index contributed by atoms with van der Waals surface area (Å²) < 4.78 is 1.62. The van der Waals surface area contributed by atoms with Crippen LogP contribution in [-0.2, 0) is 0 Å². The Kier molecular flexibility index (Phi) is 3.47. The third-order valence-corrected chi connectivity index (χ3v) is 3.41. The smallest absolute Gasteiger partial charge is 0.273 e. The van der Waals surface area contributed by atoms with Crippen molar-refractivity contribution in [3.05, 3.63) is 41.7 Å². The van der Waals surface area contributed by atoms with Gasteiger partial charge in [0.15, 0.2) is 5.69 Å². The number of nitrogens with zero attached hydrogens (tertiary/aromatic N) is 3. The first-order valence-electron chi connectivity index (χ1n) is 6.70. The Hall–Kier alpha value is -2.21. The van der Waals surface area contributed by atoms with Crippen molar-refractivity contribution in [1.82, 2.24) is 25.6 Å². The van der Waals surface area contributed by atoms with Crippen molar-refractivity contribution >= 4 is 5.91 Å².